The molecule has 1 aromatic carbocycles. The normalized spacial score (nSPS) is 19.1. The SMILES string of the molecule is Cc1ccc(NC(=O)N2CCC(CC(F)(F)F)C2)cc1-c1cc(Cl)nc(N2CCOCC2)c1. The number of benzene rings is 1. The number of rotatable bonds is 4. The van der Waals surface area contributed by atoms with Gasteiger partial charge in [-0.25, -0.2) is 9.78 Å². The van der Waals surface area contributed by atoms with Crippen LogP contribution in [-0.2, 0) is 4.74 Å². The number of carbonyl (C=O) groups excluding carboxylic acids is 1. The van der Waals surface area contributed by atoms with E-state index >= 15 is 0 Å². The summed E-state index contributed by atoms with van der Waals surface area (Å²) in [5.74, 6) is 0.212. The monoisotopic (exact) mass is 482 g/mol. The number of nitrogens with one attached hydrogen (secondary N) is 1. The van der Waals surface area contributed by atoms with Crippen molar-refractivity contribution < 1.29 is 22.7 Å². The van der Waals surface area contributed by atoms with E-state index < -0.39 is 24.5 Å². The molecule has 0 saturated carbocycles. The molecule has 2 aliphatic rings. The van der Waals surface area contributed by atoms with Crippen LogP contribution in [0.15, 0.2) is 30.3 Å². The molecule has 4 rings (SSSR count). The summed E-state index contributed by atoms with van der Waals surface area (Å²) in [7, 11) is 0. The largest absolute Gasteiger partial charge is 0.389 e. The summed E-state index contributed by atoms with van der Waals surface area (Å²) in [5.41, 5.74) is 3.33. The average molecular weight is 483 g/mol. The molecule has 6 nitrogen and oxygen atoms in total. The van der Waals surface area contributed by atoms with Crippen LogP contribution in [-0.4, -0.2) is 61.5 Å². The van der Waals surface area contributed by atoms with E-state index in [0.717, 1.165) is 35.6 Å². The summed E-state index contributed by atoms with van der Waals surface area (Å²) in [6.45, 7) is 5.10. The molecular formula is C23H26ClF3N4O2. The van der Waals surface area contributed by atoms with Crippen molar-refractivity contribution in [2.24, 2.45) is 5.92 Å². The van der Waals surface area contributed by atoms with Gasteiger partial charge in [0, 0.05) is 38.3 Å². The zero-order valence-corrected chi connectivity index (χ0v) is 19.0. The number of carbonyl (C=O) groups is 1. The smallest absolute Gasteiger partial charge is 0.378 e. The second kappa shape index (κ2) is 9.77. The number of likely N-dealkylation sites (tertiary alicyclic amines) is 1. The predicted octanol–water partition coefficient (Wildman–Crippen LogP) is 5.35. The van der Waals surface area contributed by atoms with E-state index in [1.807, 2.05) is 25.1 Å². The van der Waals surface area contributed by atoms with Crippen molar-refractivity contribution in [2.45, 2.75) is 25.9 Å². The lowest BCUT2D eigenvalue weighted by Gasteiger charge is -2.28. The Morgan fingerprint density at radius 3 is 2.70 bits per heavy atom. The van der Waals surface area contributed by atoms with E-state index in [9.17, 15) is 18.0 Å². The number of ether oxygens (including phenoxy) is 1. The van der Waals surface area contributed by atoms with Crippen LogP contribution in [0.25, 0.3) is 11.1 Å². The van der Waals surface area contributed by atoms with Crippen LogP contribution < -0.4 is 10.2 Å². The molecule has 0 spiro atoms. The highest BCUT2D eigenvalue weighted by Gasteiger charge is 2.36. The minimum absolute atomic E-state index is 0.104. The van der Waals surface area contributed by atoms with Gasteiger partial charge >= 0.3 is 12.2 Å². The van der Waals surface area contributed by atoms with Crippen LogP contribution in [0, 0.1) is 12.8 Å². The standard InChI is InChI=1S/C23H26ClF3N4O2/c1-15-2-3-18(28-22(32)31-5-4-16(14-31)13-23(25,26)27)12-19(15)17-10-20(24)29-21(11-17)30-6-8-33-9-7-30/h2-3,10-12,16H,4-9,13-14H2,1H3,(H,28,32). The Kier molecular flexibility index (Phi) is 6.99. The van der Waals surface area contributed by atoms with Crippen LogP contribution in [0.3, 0.4) is 0 Å². The Balaban J connectivity index is 1.49. The summed E-state index contributed by atoms with van der Waals surface area (Å²) < 4.78 is 43.4. The van der Waals surface area contributed by atoms with E-state index in [2.05, 4.69) is 15.2 Å². The third-order valence-electron chi connectivity index (χ3n) is 6.01. The van der Waals surface area contributed by atoms with Gasteiger partial charge in [-0.1, -0.05) is 17.7 Å². The fourth-order valence-corrected chi connectivity index (χ4v) is 4.52. The minimum atomic E-state index is -4.21. The lowest BCUT2D eigenvalue weighted by Crippen LogP contribution is -2.36. The highest BCUT2D eigenvalue weighted by atomic mass is 35.5. The first-order valence-corrected chi connectivity index (χ1v) is 11.3. The maximum absolute atomic E-state index is 12.7. The van der Waals surface area contributed by atoms with E-state index in [1.165, 1.54) is 4.90 Å². The van der Waals surface area contributed by atoms with Crippen LogP contribution >= 0.6 is 11.6 Å². The first-order chi connectivity index (χ1) is 15.7. The maximum atomic E-state index is 12.7. The van der Waals surface area contributed by atoms with Crippen molar-refractivity contribution in [1.29, 1.82) is 0 Å². The molecule has 1 N–H and O–H groups in total. The van der Waals surface area contributed by atoms with Crippen LogP contribution in [0.4, 0.5) is 29.5 Å². The fourth-order valence-electron chi connectivity index (χ4n) is 4.32. The van der Waals surface area contributed by atoms with Gasteiger partial charge in [-0.05, 0) is 60.2 Å². The van der Waals surface area contributed by atoms with Crippen molar-refractivity contribution in [3.8, 4) is 11.1 Å². The van der Waals surface area contributed by atoms with Crippen LogP contribution in [0.5, 0.6) is 0 Å². The van der Waals surface area contributed by atoms with Gasteiger partial charge in [-0.15, -0.1) is 0 Å². The highest BCUT2D eigenvalue weighted by Crippen LogP contribution is 2.33. The molecule has 0 aliphatic carbocycles. The van der Waals surface area contributed by atoms with E-state index in [1.54, 1.807) is 12.1 Å². The van der Waals surface area contributed by atoms with Gasteiger partial charge in [0.1, 0.15) is 11.0 Å². The minimum Gasteiger partial charge on any atom is -0.378 e. The molecule has 33 heavy (non-hydrogen) atoms. The second-order valence-corrected chi connectivity index (χ2v) is 8.90. The summed E-state index contributed by atoms with van der Waals surface area (Å²) >= 11 is 6.32. The number of aryl methyl sites for hydroxylation is 1. The van der Waals surface area contributed by atoms with Gasteiger partial charge in [0.15, 0.2) is 0 Å². The molecule has 0 radical (unpaired) electrons. The molecule has 1 atom stereocenters. The van der Waals surface area contributed by atoms with Gasteiger partial charge in [0.05, 0.1) is 13.2 Å². The molecule has 0 bridgehead atoms. The quantitative estimate of drug-likeness (QED) is 0.596. The van der Waals surface area contributed by atoms with Crippen molar-refractivity contribution in [3.63, 3.8) is 0 Å². The summed E-state index contributed by atoms with van der Waals surface area (Å²) in [4.78, 5) is 20.7. The molecule has 1 aromatic heterocycles. The number of halogens is 4. The van der Waals surface area contributed by atoms with Gasteiger partial charge in [0.25, 0.3) is 0 Å². The number of amides is 2. The topological polar surface area (TPSA) is 57.7 Å². The van der Waals surface area contributed by atoms with Crippen molar-refractivity contribution >= 4 is 29.1 Å². The summed E-state index contributed by atoms with van der Waals surface area (Å²) in [6, 6.07) is 8.88. The number of pyridine rings is 1. The van der Waals surface area contributed by atoms with Crippen molar-refractivity contribution in [3.05, 3.63) is 41.0 Å². The molecule has 2 amide bonds. The molecule has 2 aromatic rings. The van der Waals surface area contributed by atoms with E-state index in [4.69, 9.17) is 16.3 Å². The number of alkyl halides is 3. The Morgan fingerprint density at radius 2 is 1.97 bits per heavy atom. The second-order valence-electron chi connectivity index (χ2n) is 8.52. The number of urea groups is 1. The molecular weight excluding hydrogens is 457 g/mol. The lowest BCUT2D eigenvalue weighted by atomic mass is 10.0. The third kappa shape index (κ3) is 6.09. The Bertz CT molecular complexity index is 1010. The average Bonchev–Trinajstić information content (AvgIpc) is 3.22. The van der Waals surface area contributed by atoms with Crippen LogP contribution in [0.1, 0.15) is 18.4 Å². The molecule has 10 heteroatoms. The zero-order chi connectivity index (χ0) is 23.6. The lowest BCUT2D eigenvalue weighted by molar-refractivity contribution is -0.143. The number of hydrogen-bond donors (Lipinski definition) is 1. The van der Waals surface area contributed by atoms with Gasteiger partial charge in [-0.3, -0.25) is 0 Å². The zero-order valence-electron chi connectivity index (χ0n) is 18.3. The summed E-state index contributed by atoms with van der Waals surface area (Å²) in [5, 5.41) is 3.20. The van der Waals surface area contributed by atoms with Crippen molar-refractivity contribution in [1.82, 2.24) is 9.88 Å². The van der Waals surface area contributed by atoms with Gasteiger partial charge in [0.2, 0.25) is 0 Å². The third-order valence-corrected chi connectivity index (χ3v) is 6.20. The number of nitrogens with zero attached hydrogens (tertiary/aromatic N) is 3. The Labute approximate surface area is 195 Å². The molecule has 2 fully saturated rings. The number of anilines is 2. The molecule has 1 unspecified atom stereocenters. The highest BCUT2D eigenvalue weighted by molar-refractivity contribution is 6.29. The Hall–Kier alpha value is -2.52. The van der Waals surface area contributed by atoms with Gasteiger partial charge in [-0.2, -0.15) is 13.2 Å². The van der Waals surface area contributed by atoms with Crippen molar-refractivity contribution in [2.75, 3.05) is 49.6 Å². The maximum Gasteiger partial charge on any atom is 0.389 e. The summed E-state index contributed by atoms with van der Waals surface area (Å²) in [6.07, 6.45) is -4.72. The molecule has 2 saturated heterocycles. The van der Waals surface area contributed by atoms with E-state index in [-0.39, 0.29) is 6.54 Å². The molecule has 178 valence electrons. The Morgan fingerprint density at radius 1 is 1.21 bits per heavy atom. The number of aromatic nitrogens is 1. The fraction of sp³-hybridized carbons (Fsp3) is 0.478. The predicted molar refractivity (Wildman–Crippen MR) is 122 cm³/mol. The first-order valence-electron chi connectivity index (χ1n) is 10.9. The first kappa shape index (κ1) is 23.6. The number of morpholine rings is 1. The molecule has 2 aliphatic heterocycles. The van der Waals surface area contributed by atoms with Gasteiger partial charge < -0.3 is 19.9 Å². The number of hydrogen-bond acceptors (Lipinski definition) is 4. The van der Waals surface area contributed by atoms with E-state index in [0.29, 0.717) is 37.0 Å². The molecule has 3 heterocycles. The van der Waals surface area contributed by atoms with Crippen LogP contribution in [0.2, 0.25) is 5.15 Å².